The predicted molar refractivity (Wildman–Crippen MR) is 93.3 cm³/mol. The molecule has 4 nitrogen and oxygen atoms in total. The standard InChI is InChI=1S/C19H19F3N2O2/c1-19(2,3)11-6-4-5-7-13(11)23-15(25)10-16(26)24-14-9-8-12(20)17(21)18(14)22/h4-9H,10H2,1-3H3,(H,23,25)(H,24,26). The van der Waals surface area contributed by atoms with E-state index in [0.29, 0.717) is 11.8 Å². The van der Waals surface area contributed by atoms with E-state index in [2.05, 4.69) is 10.6 Å². The van der Waals surface area contributed by atoms with Gasteiger partial charge in [-0.3, -0.25) is 9.59 Å². The van der Waals surface area contributed by atoms with Crippen molar-refractivity contribution in [1.82, 2.24) is 0 Å². The summed E-state index contributed by atoms with van der Waals surface area (Å²) in [7, 11) is 0. The molecule has 0 heterocycles. The maximum Gasteiger partial charge on any atom is 0.233 e. The van der Waals surface area contributed by atoms with Crippen LogP contribution >= 0.6 is 0 Å². The van der Waals surface area contributed by atoms with E-state index in [0.717, 1.165) is 11.6 Å². The summed E-state index contributed by atoms with van der Waals surface area (Å²) in [6.45, 7) is 5.95. The topological polar surface area (TPSA) is 58.2 Å². The van der Waals surface area contributed by atoms with Crippen LogP contribution in [-0.4, -0.2) is 11.8 Å². The number of benzene rings is 2. The molecule has 0 aliphatic rings. The maximum absolute atomic E-state index is 13.6. The third kappa shape index (κ3) is 4.62. The van der Waals surface area contributed by atoms with Crippen molar-refractivity contribution < 1.29 is 22.8 Å². The summed E-state index contributed by atoms with van der Waals surface area (Å²) in [6, 6.07) is 8.75. The second-order valence-electron chi connectivity index (χ2n) is 6.79. The summed E-state index contributed by atoms with van der Waals surface area (Å²) in [5.74, 6) is -6.02. The maximum atomic E-state index is 13.6. The largest absolute Gasteiger partial charge is 0.325 e. The third-order valence-electron chi connectivity index (χ3n) is 3.64. The Bertz CT molecular complexity index is 845. The minimum absolute atomic E-state index is 0.221. The van der Waals surface area contributed by atoms with E-state index in [-0.39, 0.29) is 5.41 Å². The van der Waals surface area contributed by atoms with Crippen LogP contribution in [0.5, 0.6) is 0 Å². The number of hydrogen-bond donors (Lipinski definition) is 2. The van der Waals surface area contributed by atoms with Crippen LogP contribution in [0.25, 0.3) is 0 Å². The molecule has 0 aromatic heterocycles. The van der Waals surface area contributed by atoms with Crippen LogP contribution in [0.2, 0.25) is 0 Å². The van der Waals surface area contributed by atoms with Gasteiger partial charge >= 0.3 is 0 Å². The lowest BCUT2D eigenvalue weighted by Gasteiger charge is -2.23. The Kier molecular flexibility index (Phi) is 5.69. The molecule has 138 valence electrons. The molecule has 2 rings (SSSR count). The summed E-state index contributed by atoms with van der Waals surface area (Å²) in [5, 5.41) is 4.70. The van der Waals surface area contributed by atoms with Crippen LogP contribution < -0.4 is 10.6 Å². The van der Waals surface area contributed by atoms with Crippen molar-refractivity contribution in [2.75, 3.05) is 10.6 Å². The van der Waals surface area contributed by atoms with E-state index in [1.165, 1.54) is 0 Å². The third-order valence-corrected chi connectivity index (χ3v) is 3.64. The average Bonchev–Trinajstić information content (AvgIpc) is 2.55. The van der Waals surface area contributed by atoms with Crippen LogP contribution in [0.3, 0.4) is 0 Å². The van der Waals surface area contributed by atoms with Crippen LogP contribution in [0.4, 0.5) is 24.5 Å². The lowest BCUT2D eigenvalue weighted by atomic mass is 9.86. The van der Waals surface area contributed by atoms with E-state index >= 15 is 0 Å². The zero-order valence-corrected chi connectivity index (χ0v) is 14.6. The Morgan fingerprint density at radius 1 is 0.846 bits per heavy atom. The zero-order chi connectivity index (χ0) is 19.5. The smallest absolute Gasteiger partial charge is 0.233 e. The van der Waals surface area contributed by atoms with Gasteiger partial charge in [-0.25, -0.2) is 13.2 Å². The van der Waals surface area contributed by atoms with Crippen molar-refractivity contribution in [3.8, 4) is 0 Å². The zero-order valence-electron chi connectivity index (χ0n) is 14.6. The summed E-state index contributed by atoms with van der Waals surface area (Å²) in [5.41, 5.74) is 0.704. The number of hydrogen-bond acceptors (Lipinski definition) is 2. The Hall–Kier alpha value is -2.83. The molecular weight excluding hydrogens is 345 g/mol. The first kappa shape index (κ1) is 19.5. The molecule has 7 heteroatoms. The van der Waals surface area contributed by atoms with E-state index in [4.69, 9.17) is 0 Å². The van der Waals surface area contributed by atoms with E-state index < -0.39 is 41.4 Å². The number of halogens is 3. The molecule has 2 N–H and O–H groups in total. The molecule has 2 aromatic rings. The van der Waals surface area contributed by atoms with Gasteiger partial charge in [0.2, 0.25) is 11.8 Å². The highest BCUT2D eigenvalue weighted by Gasteiger charge is 2.20. The lowest BCUT2D eigenvalue weighted by molar-refractivity contribution is -0.123. The highest BCUT2D eigenvalue weighted by molar-refractivity contribution is 6.08. The number of rotatable bonds is 4. The number of anilines is 2. The molecule has 0 atom stereocenters. The number of carbonyl (C=O) groups is 2. The minimum Gasteiger partial charge on any atom is -0.325 e. The molecule has 0 bridgehead atoms. The van der Waals surface area contributed by atoms with Crippen LogP contribution in [0.15, 0.2) is 36.4 Å². The highest BCUT2D eigenvalue weighted by atomic mass is 19.2. The first-order chi connectivity index (χ1) is 12.1. The number of carbonyl (C=O) groups excluding carboxylic acids is 2. The van der Waals surface area contributed by atoms with Crippen molar-refractivity contribution in [3.05, 3.63) is 59.4 Å². The summed E-state index contributed by atoms with van der Waals surface area (Å²) < 4.78 is 39.6. The minimum atomic E-state index is -1.69. The number of nitrogens with one attached hydrogen (secondary N) is 2. The van der Waals surface area contributed by atoms with Gasteiger partial charge in [0.15, 0.2) is 17.5 Å². The van der Waals surface area contributed by atoms with Crippen LogP contribution in [0.1, 0.15) is 32.8 Å². The highest BCUT2D eigenvalue weighted by Crippen LogP contribution is 2.29. The molecule has 2 amide bonds. The van der Waals surface area contributed by atoms with Gasteiger partial charge in [0.25, 0.3) is 0 Å². The lowest BCUT2D eigenvalue weighted by Crippen LogP contribution is -2.24. The predicted octanol–water partition coefficient (Wildman–Crippen LogP) is 4.37. The second kappa shape index (κ2) is 7.59. The SMILES string of the molecule is CC(C)(C)c1ccccc1NC(=O)CC(=O)Nc1ccc(F)c(F)c1F. The van der Waals surface area contributed by atoms with Gasteiger partial charge < -0.3 is 10.6 Å². The van der Waals surface area contributed by atoms with Crippen molar-refractivity contribution in [2.45, 2.75) is 32.6 Å². The average molecular weight is 364 g/mol. The Morgan fingerprint density at radius 3 is 2.04 bits per heavy atom. The molecule has 0 radical (unpaired) electrons. The van der Waals surface area contributed by atoms with Gasteiger partial charge in [-0.05, 0) is 29.2 Å². The molecule has 2 aromatic carbocycles. The summed E-state index contributed by atoms with van der Waals surface area (Å²) >= 11 is 0. The van der Waals surface area contributed by atoms with Crippen LogP contribution in [-0.2, 0) is 15.0 Å². The molecule has 0 unspecified atom stereocenters. The fourth-order valence-corrected chi connectivity index (χ4v) is 2.40. The number of amides is 2. The monoisotopic (exact) mass is 364 g/mol. The van der Waals surface area contributed by atoms with E-state index in [1.807, 2.05) is 32.9 Å². The molecule has 0 saturated heterocycles. The summed E-state index contributed by atoms with van der Waals surface area (Å²) in [6.07, 6.45) is -0.600. The fraction of sp³-hybridized carbons (Fsp3) is 0.263. The molecule has 26 heavy (non-hydrogen) atoms. The van der Waals surface area contributed by atoms with Crippen molar-refractivity contribution in [3.63, 3.8) is 0 Å². The molecule has 0 spiro atoms. The first-order valence-corrected chi connectivity index (χ1v) is 7.92. The van der Waals surface area contributed by atoms with Gasteiger partial charge in [-0.2, -0.15) is 0 Å². The molecule has 0 fully saturated rings. The molecule has 0 aliphatic heterocycles. The first-order valence-electron chi connectivity index (χ1n) is 7.92. The second-order valence-corrected chi connectivity index (χ2v) is 6.79. The van der Waals surface area contributed by atoms with Crippen molar-refractivity contribution in [1.29, 1.82) is 0 Å². The molecule has 0 saturated carbocycles. The summed E-state index contributed by atoms with van der Waals surface area (Å²) in [4.78, 5) is 24.0. The van der Waals surface area contributed by atoms with Gasteiger partial charge in [-0.1, -0.05) is 39.0 Å². The van der Waals surface area contributed by atoms with Gasteiger partial charge in [-0.15, -0.1) is 0 Å². The van der Waals surface area contributed by atoms with Gasteiger partial charge in [0.1, 0.15) is 6.42 Å². The number of para-hydroxylation sites is 1. The molecular formula is C19H19F3N2O2. The Labute approximate surface area is 149 Å². The quantitative estimate of drug-likeness (QED) is 0.625. The van der Waals surface area contributed by atoms with Crippen molar-refractivity contribution in [2.24, 2.45) is 0 Å². The fourth-order valence-electron chi connectivity index (χ4n) is 2.40. The Balaban J connectivity index is 2.05. The van der Waals surface area contributed by atoms with E-state index in [1.54, 1.807) is 12.1 Å². The molecule has 0 aliphatic carbocycles. The normalized spacial score (nSPS) is 11.2. The van der Waals surface area contributed by atoms with E-state index in [9.17, 15) is 22.8 Å². The van der Waals surface area contributed by atoms with Crippen molar-refractivity contribution >= 4 is 23.2 Å². The van der Waals surface area contributed by atoms with Gasteiger partial charge in [0.05, 0.1) is 5.69 Å². The van der Waals surface area contributed by atoms with Crippen LogP contribution in [0, 0.1) is 17.5 Å². The Morgan fingerprint density at radius 2 is 1.42 bits per heavy atom. The van der Waals surface area contributed by atoms with Gasteiger partial charge in [0, 0.05) is 5.69 Å².